The minimum absolute atomic E-state index is 0.0733. The molecule has 604 valence electrons. The topological polar surface area (TPSA) is 363 Å². The van der Waals surface area contributed by atoms with E-state index in [-0.39, 0.29) is 66.4 Å². The molecule has 4 aliphatic heterocycles. The number of aliphatic hydroxyl groups is 1. The molecule has 0 saturated carbocycles. The van der Waals surface area contributed by atoms with Crippen molar-refractivity contribution in [2.45, 2.75) is 139 Å². The Morgan fingerprint density at radius 2 is 1.23 bits per heavy atom. The van der Waals surface area contributed by atoms with Gasteiger partial charge in [-0.25, -0.2) is 0 Å². The van der Waals surface area contributed by atoms with Crippen molar-refractivity contribution < 1.29 is 51.6 Å². The Balaban J connectivity index is 0.000000165. The fourth-order valence-corrected chi connectivity index (χ4v) is 15.2. The van der Waals surface area contributed by atoms with Gasteiger partial charge >= 0.3 is 0 Å². The maximum absolute atomic E-state index is 13.7. The number of aryl methyl sites for hydroxylation is 1. The first kappa shape index (κ1) is 84.8. The van der Waals surface area contributed by atoms with Gasteiger partial charge in [0.05, 0.1) is 44.2 Å². The number of nitrogens with two attached hydrogens (primary N) is 2. The summed E-state index contributed by atoms with van der Waals surface area (Å²) >= 11 is 0. The van der Waals surface area contributed by atoms with E-state index < -0.39 is 45.4 Å². The number of nitrogens with one attached hydrogen (secondary N) is 6. The molecule has 10 aromatic rings. The summed E-state index contributed by atoms with van der Waals surface area (Å²) in [6.07, 6.45) is 6.29. The highest BCUT2D eigenvalue weighted by Crippen LogP contribution is 2.46. The zero-order chi connectivity index (χ0) is 81.9. The van der Waals surface area contributed by atoms with Crippen LogP contribution < -0.4 is 47.9 Å². The quantitative estimate of drug-likeness (QED) is 0.0267. The number of amides is 6. The number of aliphatic hydroxyl groups excluding tert-OH is 1. The second-order valence-corrected chi connectivity index (χ2v) is 33.0. The highest BCUT2D eigenvalue weighted by molar-refractivity contribution is 7.85. The van der Waals surface area contributed by atoms with E-state index in [9.17, 15) is 42.3 Å². The van der Waals surface area contributed by atoms with Crippen molar-refractivity contribution in [1.29, 1.82) is 0 Å². The van der Waals surface area contributed by atoms with E-state index in [4.69, 9.17) is 20.8 Å². The number of carbonyl (C=O) groups excluding carboxylic acids is 6. The van der Waals surface area contributed by atoms with Crippen LogP contribution in [0.4, 0.5) is 11.4 Å². The third-order valence-electron chi connectivity index (χ3n) is 21.1. The molecule has 4 unspecified atom stereocenters. The number of H-pyrrole nitrogens is 1. The molecule has 115 heavy (non-hydrogen) atoms. The monoisotopic (exact) mass is 1580 g/mol. The van der Waals surface area contributed by atoms with Crippen LogP contribution in [0, 0.1) is 5.92 Å². The van der Waals surface area contributed by atoms with E-state index in [0.29, 0.717) is 64.0 Å². The summed E-state index contributed by atoms with van der Waals surface area (Å²) in [5.74, 6) is -0.745. The lowest BCUT2D eigenvalue weighted by Gasteiger charge is -2.41. The Kier molecular flexibility index (Phi) is 28.6. The lowest BCUT2D eigenvalue weighted by Crippen LogP contribution is -2.59. The number of benzene rings is 9. The molecule has 4 aliphatic rings. The van der Waals surface area contributed by atoms with Crippen molar-refractivity contribution in [2.75, 3.05) is 69.0 Å². The average molecular weight is 1580 g/mol. The Hall–Kier alpha value is -11.1. The number of likely N-dealkylation sites (tertiary alicyclic amines) is 1. The van der Waals surface area contributed by atoms with Crippen LogP contribution in [-0.4, -0.2) is 174 Å². The molecule has 14 rings (SSSR count). The number of anilines is 2. The molecule has 2 fully saturated rings. The molecule has 5 heterocycles. The van der Waals surface area contributed by atoms with Gasteiger partial charge in [-0.1, -0.05) is 200 Å². The molecule has 4 atom stereocenters. The molecule has 0 aliphatic carbocycles. The first-order chi connectivity index (χ1) is 55.1. The van der Waals surface area contributed by atoms with Gasteiger partial charge in [-0.15, -0.1) is 10.2 Å². The minimum atomic E-state index is -3.67. The summed E-state index contributed by atoms with van der Waals surface area (Å²) in [5, 5.41) is 44.2. The molecule has 0 radical (unpaired) electrons. The number of tetrazole rings is 1. The van der Waals surface area contributed by atoms with Gasteiger partial charge in [-0.3, -0.25) is 33.3 Å². The van der Waals surface area contributed by atoms with E-state index in [0.717, 1.165) is 117 Å². The van der Waals surface area contributed by atoms with Crippen LogP contribution in [0.25, 0.3) is 44.1 Å². The summed E-state index contributed by atoms with van der Waals surface area (Å²) < 4.78 is 31.7. The van der Waals surface area contributed by atoms with Crippen LogP contribution in [0.3, 0.4) is 0 Å². The number of carbonyl (C=O) groups is 6. The van der Waals surface area contributed by atoms with Crippen LogP contribution in [0.1, 0.15) is 99.6 Å². The second-order valence-electron chi connectivity index (χ2n) is 31.6. The predicted molar refractivity (Wildman–Crippen MR) is 449 cm³/mol. The molecule has 9 aromatic carbocycles. The number of hydrogen-bond donors (Lipinski definition) is 10. The van der Waals surface area contributed by atoms with Crippen molar-refractivity contribution in [3.8, 4) is 22.5 Å². The summed E-state index contributed by atoms with van der Waals surface area (Å²) in [6, 6.07) is 68.2. The smallest absolute Gasteiger partial charge is 0.261 e. The Morgan fingerprint density at radius 1 is 0.661 bits per heavy atom. The molecular weight excluding hydrogens is 1470 g/mol. The lowest BCUT2D eigenvalue weighted by molar-refractivity contribution is -0.140. The van der Waals surface area contributed by atoms with Gasteiger partial charge in [0.1, 0.15) is 18.1 Å². The number of aromatic nitrogens is 4. The van der Waals surface area contributed by atoms with Crippen LogP contribution >= 0.6 is 0 Å². The maximum atomic E-state index is 13.7. The largest absolute Gasteiger partial charge is 0.394 e. The Bertz CT molecular complexity index is 5080. The minimum Gasteiger partial charge on any atom is -0.394 e. The normalized spacial score (nSPS) is 16.2. The molecule has 0 bridgehead atoms. The summed E-state index contributed by atoms with van der Waals surface area (Å²) in [6.45, 7) is 11.4. The number of rotatable bonds is 23. The van der Waals surface area contributed by atoms with Crippen molar-refractivity contribution in [3.63, 3.8) is 0 Å². The van der Waals surface area contributed by atoms with E-state index in [2.05, 4.69) is 120 Å². The maximum Gasteiger partial charge on any atom is 0.261 e. The molecule has 6 amide bonds. The van der Waals surface area contributed by atoms with Crippen molar-refractivity contribution in [1.82, 2.24) is 52.1 Å². The zero-order valence-corrected chi connectivity index (χ0v) is 67.0. The highest BCUT2D eigenvalue weighted by Gasteiger charge is 2.45. The summed E-state index contributed by atoms with van der Waals surface area (Å²) in [7, 11) is -1.53. The van der Waals surface area contributed by atoms with E-state index in [1.54, 1.807) is 32.6 Å². The van der Waals surface area contributed by atoms with E-state index in [1.807, 2.05) is 157 Å². The summed E-state index contributed by atoms with van der Waals surface area (Å²) in [4.78, 5) is 85.1. The first-order valence-corrected chi connectivity index (χ1v) is 40.9. The Morgan fingerprint density at radius 3 is 1.85 bits per heavy atom. The predicted octanol–water partition coefficient (Wildman–Crippen LogP) is 9.30. The molecule has 1 aromatic heterocycles. The van der Waals surface area contributed by atoms with Crippen molar-refractivity contribution in [3.05, 3.63) is 246 Å². The van der Waals surface area contributed by atoms with E-state index in [1.165, 1.54) is 11.3 Å². The third-order valence-corrected chi connectivity index (χ3v) is 21.1. The van der Waals surface area contributed by atoms with Gasteiger partial charge in [0.25, 0.3) is 10.1 Å². The molecular formula is C89H106N14O11S. The molecule has 1 spiro atoms. The number of ether oxygens (including phenoxy) is 1. The third kappa shape index (κ3) is 23.8. The SMILES string of the molecule is CC(C)(N)CC(=O)NC1CCc2ccccc2N(Cc2ccc(-c3ccccc3-c3nn[nH]n3)cc2)C1=O.CN1CC2(CCN(C(=O)C(COCc3ccccc3)NC(=O)C(C)(C)N)CC2)c2ccccc21.CS(=O)(=O)O.O=C(NC(Cc1ccc2ccccc2c1)C(=O)NC(CO)Cc1ccc2ccccc2c1)C1CCNCC1. The van der Waals surface area contributed by atoms with Gasteiger partial charge in [0.15, 0.2) is 0 Å². The van der Waals surface area contributed by atoms with Crippen LogP contribution in [-0.2, 0) is 81.5 Å². The van der Waals surface area contributed by atoms with Crippen LogP contribution in [0.15, 0.2) is 212 Å². The molecule has 26 heteroatoms. The highest BCUT2D eigenvalue weighted by atomic mass is 32.2. The molecule has 12 N–H and O–H groups in total. The number of fused-ring (bicyclic) bond motifs is 5. The zero-order valence-electron chi connectivity index (χ0n) is 66.1. The number of piperidine rings is 2. The summed E-state index contributed by atoms with van der Waals surface area (Å²) in [5.41, 5.74) is 21.9. The molecule has 2 saturated heterocycles. The van der Waals surface area contributed by atoms with Crippen LogP contribution in [0.2, 0.25) is 0 Å². The van der Waals surface area contributed by atoms with E-state index >= 15 is 0 Å². The lowest BCUT2D eigenvalue weighted by atomic mass is 9.74. The van der Waals surface area contributed by atoms with Crippen LogP contribution in [0.5, 0.6) is 0 Å². The fourth-order valence-electron chi connectivity index (χ4n) is 15.2. The standard InChI is InChI=1S/C32H35N3O3.C29H31N7O2.C27H36N4O3.CH4O3S/c36-21-29(19-22-9-11-24-5-1-3-7-27(24)17-22)34-32(38)30(35-31(37)26-13-15-33-16-14-26)20-23-10-12-25-6-2-4-8-28(25)18-23;1-29(2,30)17-26(37)31-24-16-15-21-7-3-6-10-25(21)36(28(24)38)18-19-11-13-20(14-12-19)22-8-4-5-9-23(22)27-32-34-35-33-27;1-26(2,28)25(33)29-22(18-34-17-20-9-5-4-6-10-20)24(32)31-15-13-27(14-16-31)19-30(3)23-12-8-7-11-21(23)27;1-5(2,3)4/h1-12,17-18,26,29-30,33,36H,13-16,19-21H2,(H,34,38)(H,35,37);3-14,24H,15-18,30H2,1-2H3,(H,31,37)(H,32,33,34,35);4-12,22H,13-19,28H2,1-3H3,(H,29,33);1H3,(H,2,3,4). The number of para-hydroxylation sites is 2. The van der Waals surface area contributed by atoms with Gasteiger partial charge in [0, 0.05) is 73.3 Å². The number of hydrogen-bond acceptors (Lipinski definition) is 17. The second kappa shape index (κ2) is 38.8. The number of likely N-dealkylation sites (N-methyl/N-ethyl adjacent to an activating group) is 1. The van der Waals surface area contributed by atoms with Gasteiger partial charge in [-0.05, 0) is 169 Å². The average Bonchev–Trinajstić information content (AvgIpc) is 1.60. The molecule has 25 nitrogen and oxygen atoms in total. The number of nitrogens with zero attached hydrogens (tertiary/aromatic N) is 6. The Labute approximate surface area is 672 Å². The van der Waals surface area contributed by atoms with Crippen molar-refractivity contribution in [2.24, 2.45) is 17.4 Å². The fraction of sp³-hybridized carbons (Fsp3) is 0.360. The van der Waals surface area contributed by atoms with Gasteiger partial charge in [-0.2, -0.15) is 13.6 Å². The van der Waals surface area contributed by atoms with Gasteiger partial charge in [0.2, 0.25) is 41.3 Å². The number of aromatic amines is 1. The first-order valence-electron chi connectivity index (χ1n) is 39.1. The van der Waals surface area contributed by atoms with Crippen molar-refractivity contribution >= 4 is 78.5 Å². The van der Waals surface area contributed by atoms with Gasteiger partial charge < -0.3 is 62.6 Å².